The average molecular weight is 300 g/mol. The van der Waals surface area contributed by atoms with E-state index in [1.165, 1.54) is 0 Å². The number of aromatic nitrogens is 1. The van der Waals surface area contributed by atoms with Gasteiger partial charge in [-0.2, -0.15) is 0 Å². The van der Waals surface area contributed by atoms with E-state index in [1.54, 1.807) is 4.57 Å². The van der Waals surface area contributed by atoms with Gasteiger partial charge in [-0.15, -0.1) is 0 Å². The van der Waals surface area contributed by atoms with Crippen molar-refractivity contribution in [2.75, 3.05) is 6.61 Å². The highest BCUT2D eigenvalue weighted by Gasteiger charge is 2.13. The van der Waals surface area contributed by atoms with Crippen LogP contribution in [-0.2, 0) is 13.1 Å². The first kappa shape index (κ1) is 16.3. The monoisotopic (exact) mass is 300 g/mol. The van der Waals surface area contributed by atoms with Crippen LogP contribution in [0, 0.1) is 5.92 Å². The number of hydrogen-bond donors (Lipinski definition) is 1. The number of rotatable bonds is 6. The van der Waals surface area contributed by atoms with E-state index < -0.39 is 0 Å². The van der Waals surface area contributed by atoms with Gasteiger partial charge in [-0.1, -0.05) is 32.0 Å². The molecule has 0 bridgehead atoms. The fourth-order valence-corrected chi connectivity index (χ4v) is 2.39. The minimum atomic E-state index is -0.0267. The van der Waals surface area contributed by atoms with Crippen molar-refractivity contribution in [3.8, 4) is 17.0 Å². The summed E-state index contributed by atoms with van der Waals surface area (Å²) >= 11 is 0. The van der Waals surface area contributed by atoms with Crippen LogP contribution in [0.3, 0.4) is 0 Å². The van der Waals surface area contributed by atoms with Gasteiger partial charge in [0.05, 0.1) is 12.3 Å². The predicted octanol–water partition coefficient (Wildman–Crippen LogP) is 3.03. The molecule has 0 aliphatic heterocycles. The number of pyridine rings is 1. The molecule has 0 atom stereocenters. The molecule has 118 valence electrons. The maximum Gasteiger partial charge on any atom is 0.255 e. The maximum atomic E-state index is 12.4. The van der Waals surface area contributed by atoms with Crippen molar-refractivity contribution in [2.45, 2.75) is 33.9 Å². The molecule has 0 radical (unpaired) electrons. The third-order valence-electron chi connectivity index (χ3n) is 3.52. The molecular weight excluding hydrogens is 276 g/mol. The first-order valence-electron chi connectivity index (χ1n) is 7.73. The molecule has 1 heterocycles. The van der Waals surface area contributed by atoms with Crippen LogP contribution < -0.4 is 16.0 Å². The number of benzene rings is 1. The summed E-state index contributed by atoms with van der Waals surface area (Å²) in [6, 6.07) is 11.6. The molecule has 2 N–H and O–H groups in total. The summed E-state index contributed by atoms with van der Waals surface area (Å²) in [5, 5.41) is 0. The van der Waals surface area contributed by atoms with E-state index in [4.69, 9.17) is 10.5 Å². The molecule has 1 aromatic heterocycles. The van der Waals surface area contributed by atoms with Crippen molar-refractivity contribution < 1.29 is 4.74 Å². The molecule has 0 unspecified atom stereocenters. The summed E-state index contributed by atoms with van der Waals surface area (Å²) in [7, 11) is 0. The fourth-order valence-electron chi connectivity index (χ4n) is 2.39. The van der Waals surface area contributed by atoms with E-state index in [9.17, 15) is 4.79 Å². The lowest BCUT2D eigenvalue weighted by atomic mass is 10.1. The van der Waals surface area contributed by atoms with Crippen molar-refractivity contribution in [3.05, 3.63) is 52.3 Å². The Balaban J connectivity index is 2.52. The van der Waals surface area contributed by atoms with Gasteiger partial charge in [-0.3, -0.25) is 4.79 Å². The third kappa shape index (κ3) is 3.39. The number of nitrogens with two attached hydrogens (primary N) is 1. The van der Waals surface area contributed by atoms with Crippen LogP contribution in [0.15, 0.2) is 41.2 Å². The van der Waals surface area contributed by atoms with E-state index in [0.29, 0.717) is 24.6 Å². The molecular formula is C18H24N2O2. The third-order valence-corrected chi connectivity index (χ3v) is 3.52. The second-order valence-electron chi connectivity index (χ2n) is 5.70. The molecule has 0 amide bonds. The van der Waals surface area contributed by atoms with Gasteiger partial charge in [0.2, 0.25) is 0 Å². The molecule has 0 fully saturated rings. The lowest BCUT2D eigenvalue weighted by Gasteiger charge is -2.17. The Labute approximate surface area is 131 Å². The van der Waals surface area contributed by atoms with Crippen LogP contribution >= 0.6 is 0 Å². The van der Waals surface area contributed by atoms with Crippen molar-refractivity contribution in [1.29, 1.82) is 0 Å². The Morgan fingerprint density at radius 2 is 1.91 bits per heavy atom. The van der Waals surface area contributed by atoms with E-state index in [-0.39, 0.29) is 12.1 Å². The van der Waals surface area contributed by atoms with Gasteiger partial charge in [-0.25, -0.2) is 0 Å². The van der Waals surface area contributed by atoms with Crippen LogP contribution in [0.5, 0.6) is 5.75 Å². The Morgan fingerprint density at radius 3 is 2.55 bits per heavy atom. The fraction of sp³-hybridized carbons (Fsp3) is 0.389. The van der Waals surface area contributed by atoms with Crippen molar-refractivity contribution in [3.63, 3.8) is 0 Å². The lowest BCUT2D eigenvalue weighted by molar-refractivity contribution is 0.272. The smallest absolute Gasteiger partial charge is 0.255 e. The second-order valence-corrected chi connectivity index (χ2v) is 5.70. The van der Waals surface area contributed by atoms with Crippen LogP contribution in [0.1, 0.15) is 26.3 Å². The van der Waals surface area contributed by atoms with E-state index in [1.807, 2.05) is 43.3 Å². The topological polar surface area (TPSA) is 57.2 Å². The highest BCUT2D eigenvalue weighted by molar-refractivity contribution is 5.67. The van der Waals surface area contributed by atoms with Crippen LogP contribution in [0.4, 0.5) is 0 Å². The van der Waals surface area contributed by atoms with E-state index >= 15 is 0 Å². The first-order valence-corrected chi connectivity index (χ1v) is 7.73. The van der Waals surface area contributed by atoms with Crippen LogP contribution in [0.2, 0.25) is 0 Å². The van der Waals surface area contributed by atoms with Crippen molar-refractivity contribution in [2.24, 2.45) is 11.7 Å². The summed E-state index contributed by atoms with van der Waals surface area (Å²) in [5.41, 5.74) is 8.04. The van der Waals surface area contributed by atoms with Gasteiger partial charge >= 0.3 is 0 Å². The van der Waals surface area contributed by atoms with Gasteiger partial charge < -0.3 is 15.0 Å². The summed E-state index contributed by atoms with van der Waals surface area (Å²) in [6.07, 6.45) is 0. The summed E-state index contributed by atoms with van der Waals surface area (Å²) < 4.78 is 7.66. The summed E-state index contributed by atoms with van der Waals surface area (Å²) in [4.78, 5) is 12.4. The van der Waals surface area contributed by atoms with Crippen LogP contribution in [-0.4, -0.2) is 11.2 Å². The predicted molar refractivity (Wildman–Crippen MR) is 90.0 cm³/mol. The van der Waals surface area contributed by atoms with Crippen LogP contribution in [0.25, 0.3) is 11.3 Å². The molecule has 0 aliphatic rings. The van der Waals surface area contributed by atoms with Gasteiger partial charge in [-0.05, 0) is 31.0 Å². The number of nitrogens with zero attached hydrogens (tertiary/aromatic N) is 1. The number of hydrogen-bond acceptors (Lipinski definition) is 3. The minimum absolute atomic E-state index is 0.0267. The summed E-state index contributed by atoms with van der Waals surface area (Å²) in [6.45, 7) is 7.68. The van der Waals surface area contributed by atoms with Crippen molar-refractivity contribution in [1.82, 2.24) is 4.57 Å². The van der Waals surface area contributed by atoms with Gasteiger partial charge in [0, 0.05) is 24.2 Å². The zero-order chi connectivity index (χ0) is 16.1. The Bertz CT molecular complexity index is 690. The van der Waals surface area contributed by atoms with Gasteiger partial charge in [0.25, 0.3) is 5.56 Å². The molecule has 0 aliphatic carbocycles. The minimum Gasteiger partial charge on any atom is -0.493 e. The summed E-state index contributed by atoms with van der Waals surface area (Å²) in [5.74, 6) is 1.25. The second kappa shape index (κ2) is 7.27. The van der Waals surface area contributed by atoms with E-state index in [2.05, 4.69) is 13.8 Å². The van der Waals surface area contributed by atoms with Gasteiger partial charge in [0.1, 0.15) is 5.75 Å². The largest absolute Gasteiger partial charge is 0.493 e. The molecule has 4 nitrogen and oxygen atoms in total. The van der Waals surface area contributed by atoms with E-state index in [0.717, 1.165) is 17.0 Å². The molecule has 2 rings (SSSR count). The Hall–Kier alpha value is -2.07. The zero-order valence-electron chi connectivity index (χ0n) is 13.5. The molecule has 1 aromatic carbocycles. The number of para-hydroxylation sites is 1. The highest BCUT2D eigenvalue weighted by Crippen LogP contribution is 2.29. The Morgan fingerprint density at radius 1 is 1.18 bits per heavy atom. The lowest BCUT2D eigenvalue weighted by Crippen LogP contribution is -2.26. The normalized spacial score (nSPS) is 11.0. The number of ether oxygens (including phenoxy) is 1. The molecule has 0 spiro atoms. The molecule has 4 heteroatoms. The Kier molecular flexibility index (Phi) is 5.39. The maximum absolute atomic E-state index is 12.4. The highest BCUT2D eigenvalue weighted by atomic mass is 16.5. The van der Waals surface area contributed by atoms with Gasteiger partial charge in [0.15, 0.2) is 0 Å². The zero-order valence-corrected chi connectivity index (χ0v) is 13.5. The standard InChI is InChI=1S/C18H24N2O2/c1-4-20-16(10-9-14(11-19)18(20)21)15-7-5-6-8-17(15)22-12-13(2)3/h5-10,13H,4,11-12,19H2,1-3H3. The van der Waals surface area contributed by atoms with Crippen molar-refractivity contribution >= 4 is 0 Å². The molecule has 0 saturated heterocycles. The molecule has 2 aromatic rings. The molecule has 0 saturated carbocycles. The quantitative estimate of drug-likeness (QED) is 0.892. The average Bonchev–Trinajstić information content (AvgIpc) is 2.53. The SMILES string of the molecule is CCn1c(-c2ccccc2OCC(C)C)ccc(CN)c1=O. The first-order chi connectivity index (χ1) is 10.6. The molecule has 22 heavy (non-hydrogen) atoms.